The number of hydrogen-bond donors (Lipinski definition) is 2. The number of rotatable bonds is 3. The van der Waals surface area contributed by atoms with Gasteiger partial charge in [0, 0.05) is 13.1 Å². The highest BCUT2D eigenvalue weighted by Gasteiger charge is 2.27. The SMILES string of the molecule is NNc1nc2ccc(S(=O)(=O)N3CCCC3)cc2s1. The van der Waals surface area contributed by atoms with E-state index in [1.807, 2.05) is 0 Å². The molecular formula is C11H14N4O2S2. The highest BCUT2D eigenvalue weighted by atomic mass is 32.2. The van der Waals surface area contributed by atoms with Crippen LogP contribution < -0.4 is 11.3 Å². The van der Waals surface area contributed by atoms with Gasteiger partial charge in [-0.3, -0.25) is 5.43 Å². The zero-order valence-corrected chi connectivity index (χ0v) is 11.8. The van der Waals surface area contributed by atoms with Crippen molar-refractivity contribution in [2.75, 3.05) is 18.5 Å². The summed E-state index contributed by atoms with van der Waals surface area (Å²) in [5.74, 6) is 5.31. The summed E-state index contributed by atoms with van der Waals surface area (Å²) >= 11 is 1.34. The van der Waals surface area contributed by atoms with Gasteiger partial charge < -0.3 is 0 Å². The van der Waals surface area contributed by atoms with Crippen molar-refractivity contribution in [3.8, 4) is 0 Å². The lowest BCUT2D eigenvalue weighted by molar-refractivity contribution is 0.477. The number of hydrazine groups is 1. The van der Waals surface area contributed by atoms with E-state index >= 15 is 0 Å². The van der Waals surface area contributed by atoms with Crippen molar-refractivity contribution in [3.63, 3.8) is 0 Å². The molecule has 1 aromatic carbocycles. The van der Waals surface area contributed by atoms with Crippen LogP contribution in [0.4, 0.5) is 5.13 Å². The Morgan fingerprint density at radius 1 is 1.32 bits per heavy atom. The molecule has 6 nitrogen and oxygen atoms in total. The number of anilines is 1. The maximum Gasteiger partial charge on any atom is 0.243 e. The third-order valence-corrected chi connectivity index (χ3v) is 6.03. The van der Waals surface area contributed by atoms with Gasteiger partial charge in [0.2, 0.25) is 10.0 Å². The molecule has 3 rings (SSSR count). The first kappa shape index (κ1) is 12.8. The van der Waals surface area contributed by atoms with Gasteiger partial charge >= 0.3 is 0 Å². The van der Waals surface area contributed by atoms with Crippen LogP contribution in [0, 0.1) is 0 Å². The first-order chi connectivity index (χ1) is 9.11. The summed E-state index contributed by atoms with van der Waals surface area (Å²) < 4.78 is 27.2. The fourth-order valence-electron chi connectivity index (χ4n) is 2.20. The number of nitrogens with one attached hydrogen (secondary N) is 1. The average molecular weight is 298 g/mol. The predicted molar refractivity (Wildman–Crippen MR) is 75.4 cm³/mol. The monoisotopic (exact) mass is 298 g/mol. The van der Waals surface area contributed by atoms with E-state index in [1.54, 1.807) is 18.2 Å². The molecule has 0 aliphatic carbocycles. The van der Waals surface area contributed by atoms with E-state index in [0.717, 1.165) is 23.1 Å². The van der Waals surface area contributed by atoms with Gasteiger partial charge in [-0.2, -0.15) is 4.31 Å². The number of hydrogen-bond acceptors (Lipinski definition) is 6. The van der Waals surface area contributed by atoms with Gasteiger partial charge in [-0.05, 0) is 31.0 Å². The van der Waals surface area contributed by atoms with E-state index in [0.29, 0.717) is 23.1 Å². The molecule has 19 heavy (non-hydrogen) atoms. The van der Waals surface area contributed by atoms with Crippen molar-refractivity contribution < 1.29 is 8.42 Å². The lowest BCUT2D eigenvalue weighted by Crippen LogP contribution is -2.27. The summed E-state index contributed by atoms with van der Waals surface area (Å²) in [4.78, 5) is 4.55. The fraction of sp³-hybridized carbons (Fsp3) is 0.364. The molecule has 2 aromatic rings. The molecule has 0 saturated carbocycles. The number of nitrogen functional groups attached to an aromatic ring is 1. The molecule has 0 bridgehead atoms. The van der Waals surface area contributed by atoms with Gasteiger partial charge in [-0.15, -0.1) is 0 Å². The van der Waals surface area contributed by atoms with E-state index in [1.165, 1.54) is 15.6 Å². The molecule has 8 heteroatoms. The molecule has 2 heterocycles. The van der Waals surface area contributed by atoms with Crippen molar-refractivity contribution in [2.45, 2.75) is 17.7 Å². The fourth-order valence-corrected chi connectivity index (χ4v) is 4.64. The zero-order chi connectivity index (χ0) is 13.5. The number of nitrogens with zero attached hydrogens (tertiary/aromatic N) is 2. The van der Waals surface area contributed by atoms with Crippen LogP contribution in [-0.4, -0.2) is 30.8 Å². The third kappa shape index (κ3) is 2.20. The van der Waals surface area contributed by atoms with Crippen molar-refractivity contribution in [1.82, 2.24) is 9.29 Å². The molecule has 1 saturated heterocycles. The van der Waals surface area contributed by atoms with Crippen molar-refractivity contribution in [3.05, 3.63) is 18.2 Å². The van der Waals surface area contributed by atoms with Crippen LogP contribution in [0.15, 0.2) is 23.1 Å². The van der Waals surface area contributed by atoms with Crippen LogP contribution >= 0.6 is 11.3 Å². The van der Waals surface area contributed by atoms with E-state index in [-0.39, 0.29) is 0 Å². The quantitative estimate of drug-likeness (QED) is 0.660. The van der Waals surface area contributed by atoms with E-state index in [4.69, 9.17) is 5.84 Å². The van der Waals surface area contributed by atoms with E-state index in [9.17, 15) is 8.42 Å². The predicted octanol–water partition coefficient (Wildman–Crippen LogP) is 1.37. The number of nitrogens with two attached hydrogens (primary N) is 1. The molecule has 0 atom stereocenters. The molecule has 1 aromatic heterocycles. The smallest absolute Gasteiger partial charge is 0.243 e. The summed E-state index contributed by atoms with van der Waals surface area (Å²) in [6.07, 6.45) is 1.87. The summed E-state index contributed by atoms with van der Waals surface area (Å²) in [6.45, 7) is 1.22. The van der Waals surface area contributed by atoms with Crippen molar-refractivity contribution in [2.24, 2.45) is 5.84 Å². The maximum absolute atomic E-state index is 12.4. The number of benzene rings is 1. The lowest BCUT2D eigenvalue weighted by Gasteiger charge is -2.15. The largest absolute Gasteiger partial charge is 0.300 e. The second kappa shape index (κ2) is 4.71. The molecule has 0 spiro atoms. The Kier molecular flexibility index (Phi) is 3.17. The molecule has 1 aliphatic rings. The number of thiazole rings is 1. The first-order valence-electron chi connectivity index (χ1n) is 5.98. The topological polar surface area (TPSA) is 88.3 Å². The van der Waals surface area contributed by atoms with Crippen molar-refractivity contribution in [1.29, 1.82) is 0 Å². The van der Waals surface area contributed by atoms with Gasteiger partial charge in [0.15, 0.2) is 5.13 Å². The van der Waals surface area contributed by atoms with Gasteiger partial charge in [0.25, 0.3) is 0 Å². The highest BCUT2D eigenvalue weighted by Crippen LogP contribution is 2.29. The normalized spacial score (nSPS) is 17.1. The zero-order valence-electron chi connectivity index (χ0n) is 10.2. The van der Waals surface area contributed by atoms with E-state index < -0.39 is 10.0 Å². The third-order valence-electron chi connectivity index (χ3n) is 3.19. The van der Waals surface area contributed by atoms with Crippen molar-refractivity contribution >= 4 is 36.7 Å². The van der Waals surface area contributed by atoms with Crippen LogP contribution in [0.1, 0.15) is 12.8 Å². The molecular weight excluding hydrogens is 284 g/mol. The van der Waals surface area contributed by atoms with Gasteiger partial charge in [0.05, 0.1) is 15.1 Å². The molecule has 0 radical (unpaired) electrons. The minimum atomic E-state index is -3.37. The minimum Gasteiger partial charge on any atom is -0.300 e. The van der Waals surface area contributed by atoms with Crippen LogP contribution in [0.5, 0.6) is 0 Å². The molecule has 102 valence electrons. The molecule has 1 aliphatic heterocycles. The van der Waals surface area contributed by atoms with Crippen LogP contribution in [0.25, 0.3) is 10.2 Å². The average Bonchev–Trinajstić information content (AvgIpc) is 3.06. The lowest BCUT2D eigenvalue weighted by atomic mass is 10.3. The standard InChI is InChI=1S/C11H14N4O2S2/c12-14-11-13-9-4-3-8(7-10(9)18-11)19(16,17)15-5-1-2-6-15/h3-4,7H,1-2,5-6,12H2,(H,13,14). The minimum absolute atomic E-state index is 0.328. The highest BCUT2D eigenvalue weighted by molar-refractivity contribution is 7.89. The summed E-state index contributed by atoms with van der Waals surface area (Å²) in [7, 11) is -3.37. The Morgan fingerprint density at radius 2 is 2.05 bits per heavy atom. The van der Waals surface area contributed by atoms with Crippen LogP contribution in [0.2, 0.25) is 0 Å². The van der Waals surface area contributed by atoms with E-state index in [2.05, 4.69) is 10.4 Å². The summed E-state index contributed by atoms with van der Waals surface area (Å²) in [6, 6.07) is 4.99. The number of aromatic nitrogens is 1. The molecule has 3 N–H and O–H groups in total. The van der Waals surface area contributed by atoms with Gasteiger partial charge in [0.1, 0.15) is 0 Å². The Labute approximate surface area is 115 Å². The molecule has 1 fully saturated rings. The number of sulfonamides is 1. The Morgan fingerprint density at radius 3 is 2.74 bits per heavy atom. The van der Waals surface area contributed by atoms with Gasteiger partial charge in [-0.25, -0.2) is 19.2 Å². The molecule has 0 unspecified atom stereocenters. The second-order valence-electron chi connectivity index (χ2n) is 4.40. The summed E-state index contributed by atoms with van der Waals surface area (Å²) in [5.41, 5.74) is 3.23. The Hall–Kier alpha value is -1.22. The maximum atomic E-state index is 12.4. The molecule has 0 amide bonds. The Balaban J connectivity index is 2.04. The summed E-state index contributed by atoms with van der Waals surface area (Å²) in [5, 5.41) is 0.575. The van der Waals surface area contributed by atoms with Gasteiger partial charge in [-0.1, -0.05) is 11.3 Å². The number of fused-ring (bicyclic) bond motifs is 1. The second-order valence-corrected chi connectivity index (χ2v) is 7.37. The first-order valence-corrected chi connectivity index (χ1v) is 8.24. The van der Waals surface area contributed by atoms with Crippen LogP contribution in [-0.2, 0) is 10.0 Å². The van der Waals surface area contributed by atoms with Crippen LogP contribution in [0.3, 0.4) is 0 Å². The Bertz CT molecular complexity index is 705.